The number of aromatic nitrogens is 2. The fraction of sp³-hybridized carbons (Fsp3) is 0.867. The quantitative estimate of drug-likeness (QED) is 0.845. The average molecular weight is 265 g/mol. The van der Waals surface area contributed by atoms with Gasteiger partial charge in [-0.2, -0.15) is 4.98 Å². The third kappa shape index (κ3) is 3.56. The molecule has 0 bridgehead atoms. The number of nitrogens with two attached hydrogens (primary N) is 1. The SMILES string of the molecule is CC(C)C(c1nc(C2CCCCCC2)no1)C(C)N. The third-order valence-corrected chi connectivity index (χ3v) is 4.25. The maximum atomic E-state index is 6.05. The summed E-state index contributed by atoms with van der Waals surface area (Å²) < 4.78 is 5.50. The molecular formula is C15H27N3O. The average Bonchev–Trinajstić information content (AvgIpc) is 2.63. The summed E-state index contributed by atoms with van der Waals surface area (Å²) in [6.07, 6.45) is 7.66. The van der Waals surface area contributed by atoms with E-state index in [0.717, 1.165) is 11.7 Å². The number of hydrogen-bond donors (Lipinski definition) is 1. The maximum absolute atomic E-state index is 6.05. The lowest BCUT2D eigenvalue weighted by Crippen LogP contribution is -2.28. The Bertz CT molecular complexity index is 370. The van der Waals surface area contributed by atoms with E-state index in [1.165, 1.54) is 38.5 Å². The molecule has 1 fully saturated rings. The molecule has 1 aliphatic rings. The highest BCUT2D eigenvalue weighted by molar-refractivity contribution is 5.03. The highest BCUT2D eigenvalue weighted by atomic mass is 16.5. The second kappa shape index (κ2) is 6.51. The first-order chi connectivity index (χ1) is 9.09. The van der Waals surface area contributed by atoms with E-state index in [1.54, 1.807) is 0 Å². The fourth-order valence-electron chi connectivity index (χ4n) is 3.20. The van der Waals surface area contributed by atoms with Crippen molar-refractivity contribution in [2.45, 2.75) is 77.2 Å². The van der Waals surface area contributed by atoms with Gasteiger partial charge >= 0.3 is 0 Å². The highest BCUT2D eigenvalue weighted by Crippen LogP contribution is 2.32. The molecule has 2 rings (SSSR count). The van der Waals surface area contributed by atoms with E-state index in [2.05, 4.69) is 24.0 Å². The molecular weight excluding hydrogens is 238 g/mol. The first kappa shape index (κ1) is 14.5. The summed E-state index contributed by atoms with van der Waals surface area (Å²) in [5.74, 6) is 2.70. The Morgan fingerprint density at radius 2 is 1.74 bits per heavy atom. The first-order valence-electron chi connectivity index (χ1n) is 7.68. The van der Waals surface area contributed by atoms with Crippen LogP contribution < -0.4 is 5.73 Å². The summed E-state index contributed by atoms with van der Waals surface area (Å²) in [5, 5.41) is 4.23. The van der Waals surface area contributed by atoms with Gasteiger partial charge in [0.15, 0.2) is 5.82 Å². The lowest BCUT2D eigenvalue weighted by Gasteiger charge is -2.20. The molecule has 1 aromatic heterocycles. The van der Waals surface area contributed by atoms with Crippen molar-refractivity contribution in [3.05, 3.63) is 11.7 Å². The molecule has 4 nitrogen and oxygen atoms in total. The Labute approximate surface area is 116 Å². The van der Waals surface area contributed by atoms with Crippen molar-refractivity contribution in [3.63, 3.8) is 0 Å². The number of nitrogens with zero attached hydrogens (tertiary/aromatic N) is 2. The third-order valence-electron chi connectivity index (χ3n) is 4.25. The molecule has 108 valence electrons. The molecule has 1 heterocycles. The van der Waals surface area contributed by atoms with Crippen LogP contribution in [0.5, 0.6) is 0 Å². The zero-order valence-electron chi connectivity index (χ0n) is 12.4. The van der Waals surface area contributed by atoms with Crippen LogP contribution in [0.25, 0.3) is 0 Å². The van der Waals surface area contributed by atoms with Gasteiger partial charge in [0.05, 0.1) is 5.92 Å². The van der Waals surface area contributed by atoms with Crippen LogP contribution in [0.15, 0.2) is 4.52 Å². The second-order valence-corrected chi connectivity index (χ2v) is 6.31. The molecule has 19 heavy (non-hydrogen) atoms. The van der Waals surface area contributed by atoms with Gasteiger partial charge < -0.3 is 10.3 Å². The van der Waals surface area contributed by atoms with Crippen molar-refractivity contribution in [2.75, 3.05) is 0 Å². The zero-order chi connectivity index (χ0) is 13.8. The molecule has 0 radical (unpaired) electrons. The molecule has 2 atom stereocenters. The molecule has 0 amide bonds. The van der Waals surface area contributed by atoms with Crippen molar-refractivity contribution in [1.29, 1.82) is 0 Å². The molecule has 0 spiro atoms. The van der Waals surface area contributed by atoms with Crippen molar-refractivity contribution in [2.24, 2.45) is 11.7 Å². The number of rotatable bonds is 4. The summed E-state index contributed by atoms with van der Waals surface area (Å²) in [4.78, 5) is 4.66. The fourth-order valence-corrected chi connectivity index (χ4v) is 3.20. The van der Waals surface area contributed by atoms with E-state index < -0.39 is 0 Å². The highest BCUT2D eigenvalue weighted by Gasteiger charge is 2.28. The summed E-state index contributed by atoms with van der Waals surface area (Å²) in [5.41, 5.74) is 6.05. The van der Waals surface area contributed by atoms with Crippen LogP contribution in [-0.2, 0) is 0 Å². The minimum Gasteiger partial charge on any atom is -0.339 e. The van der Waals surface area contributed by atoms with Crippen LogP contribution in [0.3, 0.4) is 0 Å². The van der Waals surface area contributed by atoms with Gasteiger partial charge in [-0.25, -0.2) is 0 Å². The van der Waals surface area contributed by atoms with E-state index >= 15 is 0 Å². The van der Waals surface area contributed by atoms with Gasteiger partial charge in [-0.15, -0.1) is 0 Å². The standard InChI is InChI=1S/C15H27N3O/c1-10(2)13(11(3)16)15-17-14(18-19-15)12-8-6-4-5-7-9-12/h10-13H,4-9,16H2,1-3H3. The van der Waals surface area contributed by atoms with E-state index in [-0.39, 0.29) is 12.0 Å². The van der Waals surface area contributed by atoms with Crippen LogP contribution in [0.2, 0.25) is 0 Å². The Hall–Kier alpha value is -0.900. The molecule has 4 heteroatoms. The van der Waals surface area contributed by atoms with Gasteiger partial charge in [-0.3, -0.25) is 0 Å². The summed E-state index contributed by atoms with van der Waals surface area (Å²) in [6, 6.07) is 0.0439. The minimum absolute atomic E-state index is 0.0439. The summed E-state index contributed by atoms with van der Waals surface area (Å²) in [6.45, 7) is 6.33. The predicted octanol–water partition coefficient (Wildman–Crippen LogP) is 3.59. The van der Waals surface area contributed by atoms with Crippen molar-refractivity contribution < 1.29 is 4.52 Å². The summed E-state index contributed by atoms with van der Waals surface area (Å²) >= 11 is 0. The maximum Gasteiger partial charge on any atom is 0.231 e. The van der Waals surface area contributed by atoms with Gasteiger partial charge in [0, 0.05) is 12.0 Å². The van der Waals surface area contributed by atoms with Crippen molar-refractivity contribution in [3.8, 4) is 0 Å². The van der Waals surface area contributed by atoms with Crippen LogP contribution >= 0.6 is 0 Å². The van der Waals surface area contributed by atoms with Crippen LogP contribution in [0.1, 0.15) is 82.8 Å². The van der Waals surface area contributed by atoms with E-state index in [9.17, 15) is 0 Å². The molecule has 1 saturated carbocycles. The van der Waals surface area contributed by atoms with Crippen LogP contribution in [0.4, 0.5) is 0 Å². The van der Waals surface area contributed by atoms with Crippen molar-refractivity contribution in [1.82, 2.24) is 10.1 Å². The molecule has 0 saturated heterocycles. The van der Waals surface area contributed by atoms with Crippen molar-refractivity contribution >= 4 is 0 Å². The topological polar surface area (TPSA) is 64.9 Å². The van der Waals surface area contributed by atoms with Crippen LogP contribution in [0, 0.1) is 5.92 Å². The van der Waals surface area contributed by atoms with E-state index in [0.29, 0.717) is 11.8 Å². The minimum atomic E-state index is 0.0439. The van der Waals surface area contributed by atoms with E-state index in [4.69, 9.17) is 10.3 Å². The van der Waals surface area contributed by atoms with Gasteiger partial charge in [0.25, 0.3) is 0 Å². The van der Waals surface area contributed by atoms with Gasteiger partial charge in [0.2, 0.25) is 5.89 Å². The monoisotopic (exact) mass is 265 g/mol. The molecule has 2 unspecified atom stereocenters. The molecule has 2 N–H and O–H groups in total. The Balaban J connectivity index is 2.12. The Morgan fingerprint density at radius 1 is 1.11 bits per heavy atom. The molecule has 0 aromatic carbocycles. The van der Waals surface area contributed by atoms with E-state index in [1.807, 2.05) is 6.92 Å². The summed E-state index contributed by atoms with van der Waals surface area (Å²) in [7, 11) is 0. The lowest BCUT2D eigenvalue weighted by atomic mass is 9.89. The largest absolute Gasteiger partial charge is 0.339 e. The normalized spacial score (nSPS) is 21.3. The Kier molecular flexibility index (Phi) is 4.97. The Morgan fingerprint density at radius 3 is 2.26 bits per heavy atom. The molecule has 1 aromatic rings. The first-order valence-corrected chi connectivity index (χ1v) is 7.68. The molecule has 0 aliphatic heterocycles. The molecule has 1 aliphatic carbocycles. The van der Waals surface area contributed by atoms with Gasteiger partial charge in [-0.1, -0.05) is 44.7 Å². The van der Waals surface area contributed by atoms with Gasteiger partial charge in [-0.05, 0) is 25.7 Å². The second-order valence-electron chi connectivity index (χ2n) is 6.31. The predicted molar refractivity (Wildman–Crippen MR) is 76.0 cm³/mol. The lowest BCUT2D eigenvalue weighted by molar-refractivity contribution is 0.297. The van der Waals surface area contributed by atoms with Gasteiger partial charge in [0.1, 0.15) is 0 Å². The number of hydrogen-bond acceptors (Lipinski definition) is 4. The zero-order valence-corrected chi connectivity index (χ0v) is 12.4. The smallest absolute Gasteiger partial charge is 0.231 e. The van der Waals surface area contributed by atoms with Crippen LogP contribution in [-0.4, -0.2) is 16.2 Å².